The van der Waals surface area contributed by atoms with Crippen molar-refractivity contribution in [2.24, 2.45) is 0 Å². The van der Waals surface area contributed by atoms with Crippen molar-refractivity contribution in [1.29, 1.82) is 0 Å². The van der Waals surface area contributed by atoms with Crippen LogP contribution in [-0.4, -0.2) is 19.7 Å². The van der Waals surface area contributed by atoms with Gasteiger partial charge in [-0.25, -0.2) is 21.6 Å². The number of sulfone groups is 1. The molecule has 0 atom stereocenters. The van der Waals surface area contributed by atoms with Gasteiger partial charge in [-0.2, -0.15) is 0 Å². The molecule has 25 heavy (non-hydrogen) atoms. The number of nitrogens with zero attached hydrogens (tertiary/aromatic N) is 1. The molecule has 128 valence electrons. The molecule has 0 saturated heterocycles. The molecule has 0 aliphatic carbocycles. The average molecular weight is 363 g/mol. The Morgan fingerprint density at radius 3 is 2.16 bits per heavy atom. The van der Waals surface area contributed by atoms with E-state index in [-0.39, 0.29) is 11.1 Å². The van der Waals surface area contributed by atoms with Crippen LogP contribution in [0.3, 0.4) is 0 Å². The number of pyridine rings is 1. The van der Waals surface area contributed by atoms with Crippen LogP contribution in [0.4, 0.5) is 13.2 Å². The van der Waals surface area contributed by atoms with E-state index in [0.717, 1.165) is 12.3 Å². The second kappa shape index (κ2) is 6.33. The molecule has 0 bridgehead atoms. The van der Waals surface area contributed by atoms with E-state index >= 15 is 0 Å². The molecule has 3 rings (SSSR count). The van der Waals surface area contributed by atoms with E-state index in [1.54, 1.807) is 6.07 Å². The number of aromatic nitrogens is 1. The topological polar surface area (TPSA) is 47.0 Å². The summed E-state index contributed by atoms with van der Waals surface area (Å²) >= 11 is 0. The minimum absolute atomic E-state index is 0.127. The standard InChI is InChI=1S/C18H12F3NO2S/c1-25(23,24)18-9-16(20)14(8-17(18)21)15-10-22-7-6-13(15)11-2-4-12(19)5-3-11/h2-10H,1H3. The molecule has 3 aromatic rings. The minimum atomic E-state index is -3.89. The van der Waals surface area contributed by atoms with Gasteiger partial charge in [-0.05, 0) is 41.5 Å². The zero-order valence-corrected chi connectivity index (χ0v) is 13.8. The molecule has 1 aromatic heterocycles. The third kappa shape index (κ3) is 3.41. The monoisotopic (exact) mass is 363 g/mol. The predicted octanol–water partition coefficient (Wildman–Crippen LogP) is 4.24. The summed E-state index contributed by atoms with van der Waals surface area (Å²) in [5.74, 6) is -2.36. The van der Waals surface area contributed by atoms with Crippen LogP contribution in [0.25, 0.3) is 22.3 Å². The summed E-state index contributed by atoms with van der Waals surface area (Å²) in [6.07, 6.45) is 3.62. The van der Waals surface area contributed by atoms with Crippen molar-refractivity contribution in [3.05, 3.63) is 72.3 Å². The second-order valence-electron chi connectivity index (χ2n) is 5.46. The van der Waals surface area contributed by atoms with Crippen LogP contribution in [-0.2, 0) is 9.84 Å². The third-order valence-electron chi connectivity index (χ3n) is 3.69. The molecule has 0 amide bonds. The predicted molar refractivity (Wildman–Crippen MR) is 88.1 cm³/mol. The van der Waals surface area contributed by atoms with E-state index in [4.69, 9.17) is 0 Å². The SMILES string of the molecule is CS(=O)(=O)c1cc(F)c(-c2cnccc2-c2ccc(F)cc2)cc1F. The molecule has 0 fully saturated rings. The summed E-state index contributed by atoms with van der Waals surface area (Å²) in [7, 11) is -3.89. The van der Waals surface area contributed by atoms with Crippen LogP contribution in [0.5, 0.6) is 0 Å². The van der Waals surface area contributed by atoms with Crippen LogP contribution in [0.15, 0.2) is 59.8 Å². The lowest BCUT2D eigenvalue weighted by Crippen LogP contribution is -2.03. The van der Waals surface area contributed by atoms with Crippen molar-refractivity contribution in [2.45, 2.75) is 4.90 Å². The number of halogens is 3. The second-order valence-corrected chi connectivity index (χ2v) is 7.45. The summed E-state index contributed by atoms with van der Waals surface area (Å²) in [4.78, 5) is 3.22. The quantitative estimate of drug-likeness (QED) is 0.699. The molecule has 2 aromatic carbocycles. The van der Waals surface area contributed by atoms with E-state index in [0.29, 0.717) is 17.2 Å². The Bertz CT molecular complexity index is 1050. The molecular weight excluding hydrogens is 351 g/mol. The highest BCUT2D eigenvalue weighted by Crippen LogP contribution is 2.34. The van der Waals surface area contributed by atoms with E-state index in [2.05, 4.69) is 4.98 Å². The lowest BCUT2D eigenvalue weighted by Gasteiger charge is -2.12. The Balaban J connectivity index is 2.22. The first-order chi connectivity index (χ1) is 11.8. The molecule has 0 N–H and O–H groups in total. The summed E-state index contributed by atoms with van der Waals surface area (Å²) in [5.41, 5.74) is 1.24. The van der Waals surface area contributed by atoms with Crippen LogP contribution in [0, 0.1) is 17.5 Å². The fraction of sp³-hybridized carbons (Fsp3) is 0.0556. The van der Waals surface area contributed by atoms with Crippen molar-refractivity contribution in [3.8, 4) is 22.3 Å². The smallest absolute Gasteiger partial charge is 0.178 e. The Labute approximate surface area is 142 Å². The molecule has 0 unspecified atom stereocenters. The number of rotatable bonds is 3. The fourth-order valence-corrected chi connectivity index (χ4v) is 3.24. The maximum atomic E-state index is 14.5. The van der Waals surface area contributed by atoms with Crippen molar-refractivity contribution in [2.75, 3.05) is 6.26 Å². The van der Waals surface area contributed by atoms with Crippen molar-refractivity contribution in [1.82, 2.24) is 4.98 Å². The van der Waals surface area contributed by atoms with Crippen LogP contribution in [0.1, 0.15) is 0 Å². The van der Waals surface area contributed by atoms with Gasteiger partial charge in [0.15, 0.2) is 9.84 Å². The first-order valence-corrected chi connectivity index (χ1v) is 9.06. The van der Waals surface area contributed by atoms with Crippen molar-refractivity contribution < 1.29 is 21.6 Å². The summed E-state index contributed by atoms with van der Waals surface area (Å²) in [6.45, 7) is 0. The molecule has 0 spiro atoms. The van der Waals surface area contributed by atoms with Crippen LogP contribution >= 0.6 is 0 Å². The van der Waals surface area contributed by atoms with E-state index < -0.39 is 32.2 Å². The Kier molecular flexibility index (Phi) is 4.34. The number of hydrogen-bond acceptors (Lipinski definition) is 3. The van der Waals surface area contributed by atoms with E-state index in [1.807, 2.05) is 0 Å². The van der Waals surface area contributed by atoms with Gasteiger partial charge in [0.2, 0.25) is 0 Å². The number of hydrogen-bond donors (Lipinski definition) is 0. The van der Waals surface area contributed by atoms with Gasteiger partial charge in [-0.3, -0.25) is 4.98 Å². The molecule has 3 nitrogen and oxygen atoms in total. The van der Waals surface area contributed by atoms with Gasteiger partial charge in [-0.1, -0.05) is 12.1 Å². The minimum Gasteiger partial charge on any atom is -0.264 e. The lowest BCUT2D eigenvalue weighted by molar-refractivity contribution is 0.557. The van der Waals surface area contributed by atoms with Gasteiger partial charge < -0.3 is 0 Å². The van der Waals surface area contributed by atoms with E-state index in [9.17, 15) is 21.6 Å². The highest BCUT2D eigenvalue weighted by atomic mass is 32.2. The normalized spacial score (nSPS) is 11.5. The Hall–Kier alpha value is -2.67. The molecule has 7 heteroatoms. The summed E-state index contributed by atoms with van der Waals surface area (Å²) < 4.78 is 64.8. The molecule has 0 aliphatic rings. The van der Waals surface area contributed by atoms with E-state index in [1.165, 1.54) is 36.7 Å². The molecule has 0 radical (unpaired) electrons. The Morgan fingerprint density at radius 1 is 0.840 bits per heavy atom. The van der Waals surface area contributed by atoms with Crippen molar-refractivity contribution >= 4 is 9.84 Å². The van der Waals surface area contributed by atoms with Gasteiger partial charge in [0, 0.05) is 29.8 Å². The first kappa shape index (κ1) is 17.2. The largest absolute Gasteiger partial charge is 0.264 e. The van der Waals surface area contributed by atoms with Gasteiger partial charge in [0.25, 0.3) is 0 Å². The maximum absolute atomic E-state index is 14.5. The zero-order valence-electron chi connectivity index (χ0n) is 13.0. The molecule has 0 aliphatic heterocycles. The molecule has 1 heterocycles. The summed E-state index contributed by atoms with van der Waals surface area (Å²) in [5, 5.41) is 0. The fourth-order valence-electron chi connectivity index (χ4n) is 2.51. The van der Waals surface area contributed by atoms with Gasteiger partial charge in [0.05, 0.1) is 0 Å². The Morgan fingerprint density at radius 2 is 1.52 bits per heavy atom. The van der Waals surface area contributed by atoms with Crippen molar-refractivity contribution in [3.63, 3.8) is 0 Å². The highest BCUT2D eigenvalue weighted by Gasteiger charge is 2.20. The van der Waals surface area contributed by atoms with Gasteiger partial charge in [0.1, 0.15) is 22.3 Å². The van der Waals surface area contributed by atoms with Crippen LogP contribution in [0.2, 0.25) is 0 Å². The summed E-state index contributed by atoms with van der Waals surface area (Å²) in [6, 6.07) is 8.59. The molecular formula is C18H12F3NO2S. The average Bonchev–Trinajstić information content (AvgIpc) is 2.56. The lowest BCUT2D eigenvalue weighted by atomic mass is 9.96. The van der Waals surface area contributed by atoms with Crippen LogP contribution < -0.4 is 0 Å². The van der Waals surface area contributed by atoms with Gasteiger partial charge in [-0.15, -0.1) is 0 Å². The highest BCUT2D eigenvalue weighted by molar-refractivity contribution is 7.90. The first-order valence-electron chi connectivity index (χ1n) is 7.17. The third-order valence-corrected chi connectivity index (χ3v) is 4.80. The van der Waals surface area contributed by atoms with Gasteiger partial charge >= 0.3 is 0 Å². The maximum Gasteiger partial charge on any atom is 0.178 e. The zero-order chi connectivity index (χ0) is 18.2. The number of benzene rings is 2. The molecule has 0 saturated carbocycles.